The predicted molar refractivity (Wildman–Crippen MR) is 108 cm³/mol. The zero-order valence-electron chi connectivity index (χ0n) is 17.0. The number of hydrogen-bond acceptors (Lipinski definition) is 1. The summed E-state index contributed by atoms with van der Waals surface area (Å²) in [4.78, 5) is 0. The van der Waals surface area contributed by atoms with Crippen molar-refractivity contribution >= 4 is 0 Å². The fourth-order valence-electron chi connectivity index (χ4n) is 4.18. The number of hydrogen-bond donors (Lipinski definition) is 0. The maximum atomic E-state index is 14.5. The molecular weight excluding hydrogens is 430 g/mol. The molecule has 0 amide bonds. The summed E-state index contributed by atoms with van der Waals surface area (Å²) in [5, 5.41) is 0. The molecule has 0 bridgehead atoms. The largest absolute Gasteiger partial charge is 0.483 e. The van der Waals surface area contributed by atoms with E-state index < -0.39 is 52.8 Å². The Morgan fingerprint density at radius 1 is 0.656 bits per heavy atom. The Hall–Kier alpha value is -2.96. The van der Waals surface area contributed by atoms with Crippen LogP contribution in [0.2, 0.25) is 0 Å². The molecule has 32 heavy (non-hydrogen) atoms. The van der Waals surface area contributed by atoms with Crippen molar-refractivity contribution in [2.45, 2.75) is 44.6 Å². The molecule has 1 fully saturated rings. The van der Waals surface area contributed by atoms with Crippen molar-refractivity contribution in [1.82, 2.24) is 0 Å². The third-order valence-corrected chi connectivity index (χ3v) is 5.79. The molecule has 0 radical (unpaired) electrons. The van der Waals surface area contributed by atoms with Crippen LogP contribution >= 0.6 is 0 Å². The molecule has 0 heterocycles. The van der Waals surface area contributed by atoms with Gasteiger partial charge in [-0.25, -0.2) is 26.3 Å². The molecule has 0 aromatic heterocycles. The highest BCUT2D eigenvalue weighted by molar-refractivity contribution is 5.65. The molecule has 4 rings (SSSR count). The van der Waals surface area contributed by atoms with E-state index in [9.17, 15) is 26.3 Å². The van der Waals surface area contributed by atoms with E-state index in [1.165, 1.54) is 12.1 Å². The van der Waals surface area contributed by atoms with Crippen LogP contribution in [0.15, 0.2) is 42.5 Å². The summed E-state index contributed by atoms with van der Waals surface area (Å²) in [5.74, 6) is -6.71. The van der Waals surface area contributed by atoms with Crippen molar-refractivity contribution < 1.29 is 31.1 Å². The minimum Gasteiger partial charge on any atom is -0.483 e. The van der Waals surface area contributed by atoms with Crippen LogP contribution in [0.4, 0.5) is 26.3 Å². The second-order valence-corrected chi connectivity index (χ2v) is 8.00. The maximum absolute atomic E-state index is 14.5. The maximum Gasteiger partial charge on any atom is 0.191 e. The SMILES string of the molecule is Fc1ccc(-c2c(F)cc(COc3c(F)cc(C4CCCCC4)cc3F)cc2F)cc1F. The molecule has 0 saturated heterocycles. The number of benzene rings is 3. The quantitative estimate of drug-likeness (QED) is 0.360. The van der Waals surface area contributed by atoms with E-state index in [0.717, 1.165) is 56.4 Å². The minimum absolute atomic E-state index is 0.0125. The first-order valence-corrected chi connectivity index (χ1v) is 10.4. The lowest BCUT2D eigenvalue weighted by molar-refractivity contribution is 0.272. The Kier molecular flexibility index (Phi) is 6.44. The summed E-state index contributed by atoms with van der Waals surface area (Å²) >= 11 is 0. The number of halogens is 6. The molecule has 1 aliphatic carbocycles. The molecule has 0 atom stereocenters. The van der Waals surface area contributed by atoms with E-state index in [2.05, 4.69) is 0 Å². The number of rotatable bonds is 5. The summed E-state index contributed by atoms with van der Waals surface area (Å²) < 4.78 is 89.8. The monoisotopic (exact) mass is 450 g/mol. The highest BCUT2D eigenvalue weighted by atomic mass is 19.2. The van der Waals surface area contributed by atoms with Crippen LogP contribution in [0.5, 0.6) is 5.75 Å². The number of ether oxygens (including phenoxy) is 1. The second kappa shape index (κ2) is 9.27. The van der Waals surface area contributed by atoms with Gasteiger partial charge in [-0.2, -0.15) is 0 Å². The summed E-state index contributed by atoms with van der Waals surface area (Å²) in [7, 11) is 0. The van der Waals surface area contributed by atoms with E-state index in [0.29, 0.717) is 11.6 Å². The van der Waals surface area contributed by atoms with Gasteiger partial charge in [0.25, 0.3) is 0 Å². The van der Waals surface area contributed by atoms with Crippen molar-refractivity contribution in [3.63, 3.8) is 0 Å². The lowest BCUT2D eigenvalue weighted by atomic mass is 9.84. The van der Waals surface area contributed by atoms with Crippen LogP contribution < -0.4 is 4.74 Å². The first-order valence-electron chi connectivity index (χ1n) is 10.4. The summed E-state index contributed by atoms with van der Waals surface area (Å²) in [6.45, 7) is -0.484. The zero-order chi connectivity index (χ0) is 22.8. The van der Waals surface area contributed by atoms with Gasteiger partial charge in [0, 0.05) is 0 Å². The van der Waals surface area contributed by atoms with E-state index in [1.807, 2.05) is 0 Å². The predicted octanol–water partition coefficient (Wildman–Crippen LogP) is 7.81. The van der Waals surface area contributed by atoms with E-state index in [1.54, 1.807) is 0 Å². The third-order valence-electron chi connectivity index (χ3n) is 5.79. The molecule has 0 aliphatic heterocycles. The van der Waals surface area contributed by atoms with Crippen LogP contribution in [0, 0.1) is 34.9 Å². The van der Waals surface area contributed by atoms with Crippen LogP contribution in [-0.4, -0.2) is 0 Å². The van der Waals surface area contributed by atoms with E-state index in [4.69, 9.17) is 4.74 Å². The van der Waals surface area contributed by atoms with Gasteiger partial charge in [-0.3, -0.25) is 0 Å². The first kappa shape index (κ1) is 22.2. The van der Waals surface area contributed by atoms with Gasteiger partial charge < -0.3 is 4.74 Å². The molecule has 3 aromatic rings. The fourth-order valence-corrected chi connectivity index (χ4v) is 4.18. The van der Waals surface area contributed by atoms with Gasteiger partial charge in [0.2, 0.25) is 0 Å². The summed E-state index contributed by atoms with van der Waals surface area (Å²) in [6, 6.07) is 6.85. The van der Waals surface area contributed by atoms with Gasteiger partial charge in [0.1, 0.15) is 18.2 Å². The Morgan fingerprint density at radius 2 is 1.28 bits per heavy atom. The molecule has 0 unspecified atom stereocenters. The van der Waals surface area contributed by atoms with Crippen LogP contribution in [0.1, 0.15) is 49.1 Å². The average molecular weight is 450 g/mol. The zero-order valence-corrected chi connectivity index (χ0v) is 17.0. The first-order chi connectivity index (χ1) is 15.3. The molecule has 3 aromatic carbocycles. The van der Waals surface area contributed by atoms with E-state index >= 15 is 0 Å². The summed E-state index contributed by atoms with van der Waals surface area (Å²) in [5.41, 5.74) is -0.148. The topological polar surface area (TPSA) is 9.23 Å². The lowest BCUT2D eigenvalue weighted by Crippen LogP contribution is -2.07. The molecule has 0 spiro atoms. The van der Waals surface area contributed by atoms with Gasteiger partial charge in [0.05, 0.1) is 5.56 Å². The van der Waals surface area contributed by atoms with Crippen LogP contribution in [-0.2, 0) is 6.61 Å². The third kappa shape index (κ3) is 4.61. The fraction of sp³-hybridized carbons (Fsp3) is 0.280. The van der Waals surface area contributed by atoms with Crippen molar-refractivity contribution in [2.24, 2.45) is 0 Å². The minimum atomic E-state index is -1.24. The average Bonchev–Trinajstić information content (AvgIpc) is 2.75. The van der Waals surface area contributed by atoms with Gasteiger partial charge in [0.15, 0.2) is 29.0 Å². The highest BCUT2D eigenvalue weighted by Crippen LogP contribution is 2.36. The van der Waals surface area contributed by atoms with Crippen LogP contribution in [0.25, 0.3) is 11.1 Å². The second-order valence-electron chi connectivity index (χ2n) is 8.00. The van der Waals surface area contributed by atoms with Gasteiger partial charge in [-0.15, -0.1) is 0 Å². The smallest absolute Gasteiger partial charge is 0.191 e. The standard InChI is InChI=1S/C25H20F6O/c26-18-7-6-16(10-19(18)27)24-20(28)8-14(9-21(24)29)13-32-25-22(30)11-17(12-23(25)31)15-4-2-1-3-5-15/h6-12,15H,1-5,13H2. The van der Waals surface area contributed by atoms with Crippen molar-refractivity contribution in [2.75, 3.05) is 0 Å². The molecule has 1 saturated carbocycles. The molecule has 1 aliphatic rings. The molecule has 168 valence electrons. The highest BCUT2D eigenvalue weighted by Gasteiger charge is 2.21. The van der Waals surface area contributed by atoms with Crippen molar-refractivity contribution in [1.29, 1.82) is 0 Å². The van der Waals surface area contributed by atoms with Crippen molar-refractivity contribution in [3.05, 3.63) is 88.5 Å². The normalized spacial score (nSPS) is 14.6. The van der Waals surface area contributed by atoms with Crippen LogP contribution in [0.3, 0.4) is 0 Å². The Bertz CT molecular complexity index is 1090. The Labute approximate surface area is 181 Å². The van der Waals surface area contributed by atoms with Crippen molar-refractivity contribution in [3.8, 4) is 16.9 Å². The van der Waals surface area contributed by atoms with Gasteiger partial charge >= 0.3 is 0 Å². The molecule has 7 heteroatoms. The molecule has 0 N–H and O–H groups in total. The van der Waals surface area contributed by atoms with E-state index in [-0.39, 0.29) is 17.0 Å². The Morgan fingerprint density at radius 3 is 1.88 bits per heavy atom. The van der Waals surface area contributed by atoms with Gasteiger partial charge in [-0.1, -0.05) is 25.3 Å². The lowest BCUT2D eigenvalue weighted by Gasteiger charge is -2.22. The Balaban J connectivity index is 1.53. The molecule has 1 nitrogen and oxygen atoms in total. The van der Waals surface area contributed by atoms with Gasteiger partial charge in [-0.05, 0) is 71.8 Å². The summed E-state index contributed by atoms with van der Waals surface area (Å²) in [6.07, 6.45) is 4.90. The molecular formula is C25H20F6O.